The van der Waals surface area contributed by atoms with E-state index in [9.17, 15) is 22.8 Å². The molecule has 0 spiro atoms. The smallest absolute Gasteiger partial charge is 0.406 e. The molecule has 17 heavy (non-hydrogen) atoms. The van der Waals surface area contributed by atoms with Gasteiger partial charge in [-0.15, -0.1) is 0 Å². The summed E-state index contributed by atoms with van der Waals surface area (Å²) in [6.45, 7) is -2.50. The van der Waals surface area contributed by atoms with Crippen molar-refractivity contribution in [3.63, 3.8) is 0 Å². The number of alkyl halides is 3. The Morgan fingerprint density at radius 1 is 1.41 bits per heavy atom. The minimum absolute atomic E-state index is 0.00328. The molecule has 2 amide bonds. The van der Waals surface area contributed by atoms with Crippen LogP contribution in [0.1, 0.15) is 0 Å². The normalized spacial score (nSPS) is 11.1. The highest BCUT2D eigenvalue weighted by Gasteiger charge is 2.33. The second-order valence-electron chi connectivity index (χ2n) is 3.09. The van der Waals surface area contributed by atoms with Crippen LogP contribution in [-0.2, 0) is 9.53 Å². The molecule has 0 unspecified atom stereocenters. The number of hydrogen-bond acceptors (Lipinski definition) is 3. The average Bonchev–Trinajstić information content (AvgIpc) is 2.14. The maximum atomic E-state index is 12.1. The molecule has 6 nitrogen and oxygen atoms in total. The zero-order valence-electron chi connectivity index (χ0n) is 9.08. The van der Waals surface area contributed by atoms with E-state index in [2.05, 4.69) is 10.1 Å². The number of carbonyl (C=O) groups excluding carboxylic acids is 1. The lowest BCUT2D eigenvalue weighted by Crippen LogP contribution is -2.47. The van der Waals surface area contributed by atoms with Gasteiger partial charge in [0, 0.05) is 13.7 Å². The summed E-state index contributed by atoms with van der Waals surface area (Å²) in [5.74, 6) is -1.52. The number of carboxylic acid groups (broad SMARTS) is 1. The second kappa shape index (κ2) is 6.94. The van der Waals surface area contributed by atoms with Gasteiger partial charge in [-0.1, -0.05) is 0 Å². The third kappa shape index (κ3) is 8.31. The van der Waals surface area contributed by atoms with Gasteiger partial charge in [0.2, 0.25) is 0 Å². The number of urea groups is 1. The first kappa shape index (κ1) is 15.5. The third-order valence-corrected chi connectivity index (χ3v) is 1.57. The van der Waals surface area contributed by atoms with Crippen LogP contribution in [-0.4, -0.2) is 61.5 Å². The quantitative estimate of drug-likeness (QED) is 0.671. The molecule has 0 aliphatic heterocycles. The predicted octanol–water partition coefficient (Wildman–Crippen LogP) is 0.291. The van der Waals surface area contributed by atoms with Gasteiger partial charge in [-0.05, 0) is 0 Å². The maximum absolute atomic E-state index is 12.1. The van der Waals surface area contributed by atoms with Crippen LogP contribution in [0.15, 0.2) is 0 Å². The highest BCUT2D eigenvalue weighted by atomic mass is 19.4. The molecule has 2 N–H and O–H groups in total. The summed E-state index contributed by atoms with van der Waals surface area (Å²) in [4.78, 5) is 21.7. The number of rotatable bonds is 6. The SMILES string of the molecule is COCCNC(=O)N(CC(=O)O)CC(F)(F)F. The lowest BCUT2D eigenvalue weighted by molar-refractivity contribution is -0.148. The van der Waals surface area contributed by atoms with E-state index < -0.39 is 31.3 Å². The summed E-state index contributed by atoms with van der Waals surface area (Å²) in [6.07, 6.45) is -4.64. The second-order valence-corrected chi connectivity index (χ2v) is 3.09. The van der Waals surface area contributed by atoms with Crippen LogP contribution in [0, 0.1) is 0 Å². The highest BCUT2D eigenvalue weighted by Crippen LogP contribution is 2.16. The van der Waals surface area contributed by atoms with Gasteiger partial charge in [-0.25, -0.2) is 4.79 Å². The standard InChI is InChI=1S/C8H13F3N2O4/c1-17-3-2-12-7(16)13(4-6(14)15)5-8(9,10)11/h2-5H2,1H3,(H,12,16)(H,14,15). The van der Waals surface area contributed by atoms with Gasteiger partial charge in [-0.3, -0.25) is 4.79 Å². The van der Waals surface area contributed by atoms with Crippen molar-refractivity contribution in [3.8, 4) is 0 Å². The van der Waals surface area contributed by atoms with Crippen molar-refractivity contribution in [3.05, 3.63) is 0 Å². The molecule has 0 rings (SSSR count). The van der Waals surface area contributed by atoms with Crippen molar-refractivity contribution >= 4 is 12.0 Å². The molecule has 0 aromatic rings. The zero-order valence-corrected chi connectivity index (χ0v) is 9.08. The number of nitrogens with one attached hydrogen (secondary N) is 1. The molecule has 0 aliphatic rings. The molecule has 9 heteroatoms. The number of hydrogen-bond donors (Lipinski definition) is 2. The van der Waals surface area contributed by atoms with Gasteiger partial charge in [-0.2, -0.15) is 13.2 Å². The summed E-state index contributed by atoms with van der Waals surface area (Å²) < 4.78 is 40.8. The maximum Gasteiger partial charge on any atom is 0.406 e. The van der Waals surface area contributed by atoms with Crippen molar-refractivity contribution < 1.29 is 32.6 Å². The predicted molar refractivity (Wildman–Crippen MR) is 50.5 cm³/mol. The minimum Gasteiger partial charge on any atom is -0.480 e. The number of carboxylic acids is 1. The first-order valence-electron chi connectivity index (χ1n) is 4.56. The minimum atomic E-state index is -4.64. The Bertz CT molecular complexity index is 270. The van der Waals surface area contributed by atoms with Crippen molar-refractivity contribution in [2.24, 2.45) is 0 Å². The first-order chi connectivity index (χ1) is 7.76. The van der Waals surface area contributed by atoms with E-state index in [0.717, 1.165) is 0 Å². The Hall–Kier alpha value is -1.51. The van der Waals surface area contributed by atoms with Crippen molar-refractivity contribution in [2.75, 3.05) is 33.4 Å². The molecule has 100 valence electrons. The van der Waals surface area contributed by atoms with Crippen LogP contribution in [0.25, 0.3) is 0 Å². The lowest BCUT2D eigenvalue weighted by Gasteiger charge is -2.22. The fourth-order valence-corrected chi connectivity index (χ4v) is 0.951. The number of nitrogens with zero attached hydrogens (tertiary/aromatic N) is 1. The average molecular weight is 258 g/mol. The first-order valence-corrected chi connectivity index (χ1v) is 4.56. The summed E-state index contributed by atoms with van der Waals surface area (Å²) in [5.41, 5.74) is 0. The summed E-state index contributed by atoms with van der Waals surface area (Å²) in [6, 6.07) is -1.10. The third-order valence-electron chi connectivity index (χ3n) is 1.57. The molecule has 0 aliphatic carbocycles. The summed E-state index contributed by atoms with van der Waals surface area (Å²) >= 11 is 0. The summed E-state index contributed by atoms with van der Waals surface area (Å²) in [5, 5.41) is 10.5. The molecule has 0 atom stereocenters. The van der Waals surface area contributed by atoms with E-state index in [1.165, 1.54) is 7.11 Å². The van der Waals surface area contributed by atoms with E-state index in [0.29, 0.717) is 0 Å². The van der Waals surface area contributed by atoms with Gasteiger partial charge in [0.05, 0.1) is 6.61 Å². The molecule has 0 fully saturated rings. The Labute approximate surface area is 95.3 Å². The lowest BCUT2D eigenvalue weighted by atomic mass is 10.4. The van der Waals surface area contributed by atoms with Crippen LogP contribution >= 0.6 is 0 Å². The molecule has 0 saturated carbocycles. The van der Waals surface area contributed by atoms with Crippen molar-refractivity contribution in [2.45, 2.75) is 6.18 Å². The number of methoxy groups -OCH3 is 1. The van der Waals surface area contributed by atoms with Crippen molar-refractivity contribution in [1.29, 1.82) is 0 Å². The van der Waals surface area contributed by atoms with Crippen LogP contribution in [0.5, 0.6) is 0 Å². The highest BCUT2D eigenvalue weighted by molar-refractivity contribution is 5.80. The molecular formula is C8H13F3N2O4. The van der Waals surface area contributed by atoms with E-state index >= 15 is 0 Å². The summed E-state index contributed by atoms with van der Waals surface area (Å²) in [7, 11) is 1.36. The fraction of sp³-hybridized carbons (Fsp3) is 0.750. The van der Waals surface area contributed by atoms with E-state index in [1.807, 2.05) is 0 Å². The number of amides is 2. The van der Waals surface area contributed by atoms with Gasteiger partial charge >= 0.3 is 18.2 Å². The molecule has 0 heterocycles. The van der Waals surface area contributed by atoms with Crippen molar-refractivity contribution in [1.82, 2.24) is 10.2 Å². The molecule has 0 aromatic carbocycles. The van der Waals surface area contributed by atoms with Crippen LogP contribution in [0.4, 0.5) is 18.0 Å². The number of carbonyl (C=O) groups is 2. The Balaban J connectivity index is 4.35. The molecule has 0 bridgehead atoms. The number of halogens is 3. The van der Waals surface area contributed by atoms with Crippen LogP contribution in [0.3, 0.4) is 0 Å². The van der Waals surface area contributed by atoms with Crippen LogP contribution in [0.2, 0.25) is 0 Å². The zero-order chi connectivity index (χ0) is 13.5. The molecule has 0 saturated heterocycles. The fourth-order valence-electron chi connectivity index (χ4n) is 0.951. The Morgan fingerprint density at radius 2 is 2.00 bits per heavy atom. The van der Waals surface area contributed by atoms with E-state index in [4.69, 9.17) is 5.11 Å². The largest absolute Gasteiger partial charge is 0.480 e. The molecular weight excluding hydrogens is 245 g/mol. The Kier molecular flexibility index (Phi) is 6.33. The van der Waals surface area contributed by atoms with E-state index in [-0.39, 0.29) is 18.1 Å². The van der Waals surface area contributed by atoms with Crippen LogP contribution < -0.4 is 5.32 Å². The monoisotopic (exact) mass is 258 g/mol. The van der Waals surface area contributed by atoms with Gasteiger partial charge in [0.15, 0.2) is 0 Å². The number of ether oxygens (including phenoxy) is 1. The topological polar surface area (TPSA) is 78.9 Å². The molecule has 0 radical (unpaired) electrons. The molecule has 0 aromatic heterocycles. The van der Waals surface area contributed by atoms with Gasteiger partial charge in [0.25, 0.3) is 0 Å². The van der Waals surface area contributed by atoms with E-state index in [1.54, 1.807) is 0 Å². The Morgan fingerprint density at radius 3 is 2.41 bits per heavy atom. The number of aliphatic carboxylic acids is 1. The van der Waals surface area contributed by atoms with Gasteiger partial charge in [0.1, 0.15) is 13.1 Å². The van der Waals surface area contributed by atoms with Gasteiger partial charge < -0.3 is 20.1 Å².